The lowest BCUT2D eigenvalue weighted by Gasteiger charge is -2.26. The number of aromatic nitrogens is 2. The van der Waals surface area contributed by atoms with Gasteiger partial charge >= 0.3 is 0 Å². The summed E-state index contributed by atoms with van der Waals surface area (Å²) in [5.74, 6) is 0.906. The van der Waals surface area contributed by atoms with E-state index in [1.165, 1.54) is 55.3 Å². The van der Waals surface area contributed by atoms with Crippen molar-refractivity contribution < 1.29 is 9.66 Å². The van der Waals surface area contributed by atoms with Gasteiger partial charge in [0.05, 0.1) is 11.5 Å². The van der Waals surface area contributed by atoms with E-state index in [4.69, 9.17) is 4.74 Å². The summed E-state index contributed by atoms with van der Waals surface area (Å²) >= 11 is 2.51. The third-order valence-electron chi connectivity index (χ3n) is 5.35. The molecule has 1 aliphatic heterocycles. The molecule has 1 saturated heterocycles. The second-order valence-corrected chi connectivity index (χ2v) is 9.78. The van der Waals surface area contributed by atoms with Gasteiger partial charge in [0.25, 0.3) is 5.69 Å². The number of nitro groups is 1. The molecule has 0 spiro atoms. The zero-order valence-corrected chi connectivity index (χ0v) is 20.4. The van der Waals surface area contributed by atoms with Crippen LogP contribution in [-0.2, 0) is 6.54 Å². The molecule has 0 aliphatic carbocycles. The lowest BCUT2D eigenvalue weighted by molar-refractivity contribution is -0.387. The van der Waals surface area contributed by atoms with Crippen LogP contribution in [0.2, 0.25) is 0 Å². The number of anilines is 2. The fourth-order valence-corrected chi connectivity index (χ4v) is 5.14. The topological polar surface area (TPSA) is 105 Å². The number of hydrogen-bond acceptors (Lipinski definition) is 10. The molecular weight excluding hydrogens is 472 g/mol. The fraction of sp³-hybridized carbons (Fsp3) is 0.391. The van der Waals surface area contributed by atoms with Crippen LogP contribution < -0.4 is 14.8 Å². The standard InChI is InChI=1S/C23H28N6O3S2/c30-29(31)20-10-2-3-11-21(20)34-27-23-26-25-22(33-23)24-12-7-15-32-19-9-6-8-18(16-19)17-28-13-4-1-5-14-28/h2-3,6,8-11,16H,1,4-5,7,12-15,17H2,(H,24,25)(H,26,27). The Morgan fingerprint density at radius 3 is 2.76 bits per heavy atom. The Kier molecular flexibility index (Phi) is 8.94. The molecule has 0 amide bonds. The van der Waals surface area contributed by atoms with Crippen LogP contribution in [-0.4, -0.2) is 46.3 Å². The van der Waals surface area contributed by atoms with E-state index in [9.17, 15) is 10.1 Å². The van der Waals surface area contributed by atoms with Crippen molar-refractivity contribution in [3.05, 3.63) is 64.2 Å². The molecule has 3 aromatic rings. The number of piperidine rings is 1. The molecule has 2 heterocycles. The van der Waals surface area contributed by atoms with Crippen molar-refractivity contribution in [1.82, 2.24) is 15.1 Å². The Morgan fingerprint density at radius 2 is 1.91 bits per heavy atom. The van der Waals surface area contributed by atoms with Gasteiger partial charge in [-0.1, -0.05) is 42.0 Å². The summed E-state index contributed by atoms with van der Waals surface area (Å²) in [6.07, 6.45) is 4.76. The first kappa shape index (κ1) is 24.2. The molecule has 1 fully saturated rings. The van der Waals surface area contributed by atoms with E-state index >= 15 is 0 Å². The van der Waals surface area contributed by atoms with E-state index in [2.05, 4.69) is 43.3 Å². The minimum absolute atomic E-state index is 0.0555. The molecule has 9 nitrogen and oxygen atoms in total. The van der Waals surface area contributed by atoms with Crippen LogP contribution in [0.25, 0.3) is 0 Å². The monoisotopic (exact) mass is 500 g/mol. The highest BCUT2D eigenvalue weighted by Crippen LogP contribution is 2.31. The third-order valence-corrected chi connectivity index (χ3v) is 7.14. The zero-order valence-electron chi connectivity index (χ0n) is 18.8. The molecule has 11 heteroatoms. The first-order valence-electron chi connectivity index (χ1n) is 11.3. The molecule has 0 bridgehead atoms. The number of likely N-dealkylation sites (tertiary alicyclic amines) is 1. The van der Waals surface area contributed by atoms with Crippen molar-refractivity contribution in [3.63, 3.8) is 0 Å². The van der Waals surface area contributed by atoms with Crippen molar-refractivity contribution in [2.24, 2.45) is 0 Å². The summed E-state index contributed by atoms with van der Waals surface area (Å²) in [4.78, 5) is 13.7. The average molecular weight is 501 g/mol. The lowest BCUT2D eigenvalue weighted by atomic mass is 10.1. The summed E-state index contributed by atoms with van der Waals surface area (Å²) in [5.41, 5.74) is 1.35. The number of hydrogen-bond donors (Lipinski definition) is 2. The van der Waals surface area contributed by atoms with Crippen molar-refractivity contribution in [2.45, 2.75) is 37.1 Å². The van der Waals surface area contributed by atoms with E-state index < -0.39 is 4.92 Å². The van der Waals surface area contributed by atoms with Crippen LogP contribution in [0, 0.1) is 10.1 Å². The van der Waals surface area contributed by atoms with Gasteiger partial charge in [-0.25, -0.2) is 0 Å². The number of benzene rings is 2. The minimum atomic E-state index is -0.399. The average Bonchev–Trinajstić information content (AvgIpc) is 3.31. The van der Waals surface area contributed by atoms with Crippen LogP contribution in [0.5, 0.6) is 5.75 Å². The van der Waals surface area contributed by atoms with Crippen molar-refractivity contribution in [3.8, 4) is 5.75 Å². The van der Waals surface area contributed by atoms with Crippen LogP contribution in [0.1, 0.15) is 31.2 Å². The number of nitrogens with one attached hydrogen (secondary N) is 2. The number of nitrogens with zero attached hydrogens (tertiary/aromatic N) is 4. The van der Waals surface area contributed by atoms with E-state index in [-0.39, 0.29) is 5.69 Å². The highest BCUT2D eigenvalue weighted by molar-refractivity contribution is 8.00. The van der Waals surface area contributed by atoms with Crippen LogP contribution >= 0.6 is 23.3 Å². The van der Waals surface area contributed by atoms with Gasteiger partial charge in [0.2, 0.25) is 10.3 Å². The highest BCUT2D eigenvalue weighted by atomic mass is 32.2. The second-order valence-electron chi connectivity index (χ2n) is 7.95. The molecule has 1 aliphatic rings. The number of rotatable bonds is 12. The SMILES string of the molecule is O=[N+]([O-])c1ccccc1SNc1nnc(NCCCOc2cccc(CN3CCCCC3)c2)s1. The van der Waals surface area contributed by atoms with E-state index in [1.807, 2.05) is 6.07 Å². The molecule has 180 valence electrons. The lowest BCUT2D eigenvalue weighted by Crippen LogP contribution is -2.29. The molecule has 4 rings (SSSR count). The van der Waals surface area contributed by atoms with Crippen LogP contribution in [0.15, 0.2) is 53.4 Å². The minimum Gasteiger partial charge on any atom is -0.494 e. The van der Waals surface area contributed by atoms with Crippen LogP contribution in [0.3, 0.4) is 0 Å². The summed E-state index contributed by atoms with van der Waals surface area (Å²) in [7, 11) is 0. The van der Waals surface area contributed by atoms with Crippen molar-refractivity contribution in [1.29, 1.82) is 0 Å². The summed E-state index contributed by atoms with van der Waals surface area (Å²) in [6.45, 7) is 4.67. The second kappa shape index (κ2) is 12.5. The Morgan fingerprint density at radius 1 is 1.09 bits per heavy atom. The number of para-hydroxylation sites is 1. The Balaban J connectivity index is 1.16. The van der Waals surface area contributed by atoms with E-state index in [1.54, 1.807) is 18.2 Å². The summed E-state index contributed by atoms with van der Waals surface area (Å²) in [6, 6.07) is 14.9. The molecular formula is C23H28N6O3S2. The van der Waals surface area contributed by atoms with Gasteiger partial charge < -0.3 is 10.1 Å². The van der Waals surface area contributed by atoms with E-state index in [0.29, 0.717) is 28.3 Å². The maximum absolute atomic E-state index is 11.1. The van der Waals surface area contributed by atoms with Gasteiger partial charge in [0, 0.05) is 19.2 Å². The predicted octanol–water partition coefficient (Wildman–Crippen LogP) is 5.43. The number of ether oxygens (including phenoxy) is 1. The summed E-state index contributed by atoms with van der Waals surface area (Å²) < 4.78 is 8.96. The Hall–Kier alpha value is -2.89. The fourth-order valence-electron chi connectivity index (χ4n) is 3.70. The maximum atomic E-state index is 11.1. The van der Waals surface area contributed by atoms with Gasteiger partial charge in [-0.05, 0) is 68.1 Å². The van der Waals surface area contributed by atoms with Gasteiger partial charge in [0.15, 0.2) is 0 Å². The Bertz CT molecular complexity index is 1070. The normalized spacial score (nSPS) is 14.0. The quantitative estimate of drug-likeness (QED) is 0.146. The van der Waals surface area contributed by atoms with Gasteiger partial charge in [-0.2, -0.15) is 0 Å². The molecule has 0 radical (unpaired) electrons. The van der Waals surface area contributed by atoms with Gasteiger partial charge in [-0.3, -0.25) is 19.7 Å². The molecule has 0 unspecified atom stereocenters. The highest BCUT2D eigenvalue weighted by Gasteiger charge is 2.14. The molecule has 1 aromatic heterocycles. The largest absolute Gasteiger partial charge is 0.494 e. The van der Waals surface area contributed by atoms with Gasteiger partial charge in [0.1, 0.15) is 10.6 Å². The summed E-state index contributed by atoms with van der Waals surface area (Å²) in [5, 5.41) is 23.8. The molecule has 34 heavy (non-hydrogen) atoms. The van der Waals surface area contributed by atoms with E-state index in [0.717, 1.165) is 30.7 Å². The van der Waals surface area contributed by atoms with Crippen molar-refractivity contribution >= 4 is 39.2 Å². The first-order valence-corrected chi connectivity index (χ1v) is 13.0. The third kappa shape index (κ3) is 7.31. The molecule has 0 atom stereocenters. The molecule has 0 saturated carbocycles. The molecule has 2 N–H and O–H groups in total. The molecule has 2 aromatic carbocycles. The predicted molar refractivity (Wildman–Crippen MR) is 137 cm³/mol. The smallest absolute Gasteiger partial charge is 0.284 e. The number of nitro benzene ring substituents is 1. The Labute approximate surface area is 207 Å². The van der Waals surface area contributed by atoms with Crippen molar-refractivity contribution in [2.75, 3.05) is 36.3 Å². The first-order chi connectivity index (χ1) is 16.7. The maximum Gasteiger partial charge on any atom is 0.284 e. The zero-order chi connectivity index (χ0) is 23.6. The van der Waals surface area contributed by atoms with Crippen LogP contribution in [0.4, 0.5) is 16.0 Å². The van der Waals surface area contributed by atoms with Gasteiger partial charge in [-0.15, -0.1) is 10.2 Å².